The molecule has 2 aromatic carbocycles. The summed E-state index contributed by atoms with van der Waals surface area (Å²) in [6, 6.07) is 12.7. The highest BCUT2D eigenvalue weighted by Crippen LogP contribution is 2.35. The maximum absolute atomic E-state index is 11.9. The fraction of sp³-hybridized carbons (Fsp3) is 0.0556. The molecule has 0 aliphatic carbocycles. The monoisotopic (exact) mass is 310 g/mol. The zero-order valence-corrected chi connectivity index (χ0v) is 12.5. The Balaban J connectivity index is 2.17. The van der Waals surface area contributed by atoms with Gasteiger partial charge in [-0.2, -0.15) is 0 Å². The first kappa shape index (κ1) is 13.2. The molecular formula is C18H11ClO3. The van der Waals surface area contributed by atoms with Crippen molar-refractivity contribution >= 4 is 33.5 Å². The van der Waals surface area contributed by atoms with Crippen LogP contribution in [0.4, 0.5) is 0 Å². The molecular weight excluding hydrogens is 300 g/mol. The molecule has 0 amide bonds. The molecule has 22 heavy (non-hydrogen) atoms. The average Bonchev–Trinajstić information content (AvgIpc) is 2.86. The molecule has 0 N–H and O–H groups in total. The molecule has 2 heterocycles. The zero-order valence-electron chi connectivity index (χ0n) is 11.7. The van der Waals surface area contributed by atoms with E-state index < -0.39 is 5.63 Å². The molecule has 0 aliphatic heterocycles. The summed E-state index contributed by atoms with van der Waals surface area (Å²) in [6.07, 6.45) is 1.69. The number of hydrogen-bond acceptors (Lipinski definition) is 3. The van der Waals surface area contributed by atoms with Crippen molar-refractivity contribution in [2.45, 2.75) is 6.92 Å². The largest absolute Gasteiger partial charge is 0.464 e. The number of benzene rings is 2. The van der Waals surface area contributed by atoms with E-state index in [1.807, 2.05) is 31.2 Å². The van der Waals surface area contributed by atoms with E-state index in [-0.39, 0.29) is 0 Å². The van der Waals surface area contributed by atoms with Crippen LogP contribution in [0.25, 0.3) is 33.1 Å². The second-order valence-electron chi connectivity index (χ2n) is 5.22. The summed E-state index contributed by atoms with van der Waals surface area (Å²) in [6.45, 7) is 1.98. The van der Waals surface area contributed by atoms with Gasteiger partial charge in [-0.15, -0.1) is 0 Å². The lowest BCUT2D eigenvalue weighted by Gasteiger charge is -2.07. The summed E-state index contributed by atoms with van der Waals surface area (Å²) < 4.78 is 10.8. The van der Waals surface area contributed by atoms with Crippen LogP contribution in [0.1, 0.15) is 5.56 Å². The third-order valence-corrected chi connectivity index (χ3v) is 4.13. The predicted octanol–water partition coefficient (Wildman–Crippen LogP) is 5.17. The highest BCUT2D eigenvalue weighted by atomic mass is 35.5. The van der Waals surface area contributed by atoms with Crippen molar-refractivity contribution in [3.8, 4) is 11.1 Å². The highest BCUT2D eigenvalue weighted by molar-refractivity contribution is 6.33. The van der Waals surface area contributed by atoms with Crippen LogP contribution in [-0.4, -0.2) is 0 Å². The van der Waals surface area contributed by atoms with Gasteiger partial charge in [0.2, 0.25) is 0 Å². The van der Waals surface area contributed by atoms with Gasteiger partial charge >= 0.3 is 5.63 Å². The molecule has 0 fully saturated rings. The van der Waals surface area contributed by atoms with Gasteiger partial charge in [0.25, 0.3) is 0 Å². The SMILES string of the molecule is Cc1coc2cc3oc(=O)cc(-c4ccccc4Cl)c3cc12. The smallest absolute Gasteiger partial charge is 0.336 e. The third kappa shape index (κ3) is 1.94. The van der Waals surface area contributed by atoms with E-state index >= 15 is 0 Å². The van der Waals surface area contributed by atoms with Gasteiger partial charge in [-0.25, -0.2) is 4.79 Å². The zero-order chi connectivity index (χ0) is 15.3. The molecule has 3 nitrogen and oxygen atoms in total. The van der Waals surface area contributed by atoms with E-state index in [1.165, 1.54) is 6.07 Å². The Morgan fingerprint density at radius 1 is 0.955 bits per heavy atom. The van der Waals surface area contributed by atoms with Crippen molar-refractivity contribution in [1.82, 2.24) is 0 Å². The Labute approximate surface area is 130 Å². The number of furan rings is 1. The predicted molar refractivity (Wildman–Crippen MR) is 87.4 cm³/mol. The molecule has 0 aliphatic rings. The first-order valence-electron chi connectivity index (χ1n) is 6.84. The van der Waals surface area contributed by atoms with Crippen molar-refractivity contribution < 1.29 is 8.83 Å². The quantitative estimate of drug-likeness (QED) is 0.456. The minimum absolute atomic E-state index is 0.412. The van der Waals surface area contributed by atoms with Crippen LogP contribution in [-0.2, 0) is 0 Å². The second-order valence-corrected chi connectivity index (χ2v) is 5.63. The number of rotatable bonds is 1. The van der Waals surface area contributed by atoms with E-state index in [0.717, 1.165) is 27.5 Å². The lowest BCUT2D eigenvalue weighted by Crippen LogP contribution is -1.98. The van der Waals surface area contributed by atoms with Gasteiger partial charge in [-0.05, 0) is 24.6 Å². The first-order valence-corrected chi connectivity index (χ1v) is 7.22. The Morgan fingerprint density at radius 2 is 1.77 bits per heavy atom. The van der Waals surface area contributed by atoms with Gasteiger partial charge in [0, 0.05) is 39.1 Å². The fourth-order valence-corrected chi connectivity index (χ4v) is 2.95. The van der Waals surface area contributed by atoms with E-state index in [9.17, 15) is 4.79 Å². The number of aryl methyl sites for hydroxylation is 1. The molecule has 0 radical (unpaired) electrons. The third-order valence-electron chi connectivity index (χ3n) is 3.80. The maximum atomic E-state index is 11.9. The minimum Gasteiger partial charge on any atom is -0.464 e. The van der Waals surface area contributed by atoms with Gasteiger partial charge < -0.3 is 8.83 Å². The molecule has 0 saturated carbocycles. The molecule has 0 saturated heterocycles. The Kier molecular flexibility index (Phi) is 2.84. The van der Waals surface area contributed by atoms with Gasteiger partial charge in [-0.3, -0.25) is 0 Å². The molecule has 0 atom stereocenters. The van der Waals surface area contributed by atoms with E-state index in [2.05, 4.69) is 0 Å². The van der Waals surface area contributed by atoms with Crippen LogP contribution in [0, 0.1) is 6.92 Å². The van der Waals surface area contributed by atoms with Crippen molar-refractivity contribution in [3.05, 3.63) is 69.7 Å². The van der Waals surface area contributed by atoms with Crippen molar-refractivity contribution in [2.24, 2.45) is 0 Å². The van der Waals surface area contributed by atoms with Crippen LogP contribution in [0.5, 0.6) is 0 Å². The van der Waals surface area contributed by atoms with Crippen LogP contribution in [0.3, 0.4) is 0 Å². The molecule has 0 unspecified atom stereocenters. The Morgan fingerprint density at radius 3 is 2.59 bits per heavy atom. The standard InChI is InChI=1S/C18H11ClO3/c1-10-9-21-16-8-17-14(6-12(10)16)13(7-18(20)22-17)11-4-2-3-5-15(11)19/h2-9H,1H3. The normalized spacial score (nSPS) is 11.4. The number of halogens is 1. The maximum Gasteiger partial charge on any atom is 0.336 e. The Bertz CT molecular complexity index is 1070. The lowest BCUT2D eigenvalue weighted by atomic mass is 10.0. The summed E-state index contributed by atoms with van der Waals surface area (Å²) in [4.78, 5) is 11.9. The number of hydrogen-bond donors (Lipinski definition) is 0. The summed E-state index contributed by atoms with van der Waals surface area (Å²) in [7, 11) is 0. The van der Waals surface area contributed by atoms with Crippen molar-refractivity contribution in [2.75, 3.05) is 0 Å². The minimum atomic E-state index is -0.412. The summed E-state index contributed by atoms with van der Waals surface area (Å²) in [5, 5.41) is 2.43. The Hall–Kier alpha value is -2.52. The fourth-order valence-electron chi connectivity index (χ4n) is 2.71. The summed E-state index contributed by atoms with van der Waals surface area (Å²) >= 11 is 6.29. The van der Waals surface area contributed by atoms with Crippen molar-refractivity contribution in [1.29, 1.82) is 0 Å². The molecule has 108 valence electrons. The second kappa shape index (κ2) is 4.75. The van der Waals surface area contributed by atoms with E-state index in [4.69, 9.17) is 20.4 Å². The van der Waals surface area contributed by atoms with E-state index in [0.29, 0.717) is 16.2 Å². The van der Waals surface area contributed by atoms with Crippen LogP contribution in [0.15, 0.2) is 62.4 Å². The van der Waals surface area contributed by atoms with Gasteiger partial charge in [0.05, 0.1) is 6.26 Å². The molecule has 4 aromatic rings. The molecule has 4 heteroatoms. The lowest BCUT2D eigenvalue weighted by molar-refractivity contribution is 0.559. The molecule has 0 spiro atoms. The van der Waals surface area contributed by atoms with Crippen LogP contribution < -0.4 is 5.63 Å². The van der Waals surface area contributed by atoms with Crippen LogP contribution >= 0.6 is 11.6 Å². The summed E-state index contributed by atoms with van der Waals surface area (Å²) in [5.74, 6) is 0. The molecule has 4 rings (SSSR count). The number of fused-ring (bicyclic) bond motifs is 2. The van der Waals surface area contributed by atoms with Crippen molar-refractivity contribution in [3.63, 3.8) is 0 Å². The van der Waals surface area contributed by atoms with Gasteiger partial charge in [0.1, 0.15) is 11.2 Å². The van der Waals surface area contributed by atoms with Gasteiger partial charge in [0.15, 0.2) is 0 Å². The van der Waals surface area contributed by atoms with E-state index in [1.54, 1.807) is 18.4 Å². The van der Waals surface area contributed by atoms with Crippen LogP contribution in [0.2, 0.25) is 5.02 Å². The topological polar surface area (TPSA) is 43.4 Å². The molecule has 0 bridgehead atoms. The highest BCUT2D eigenvalue weighted by Gasteiger charge is 2.13. The molecule has 2 aromatic heterocycles. The average molecular weight is 311 g/mol. The first-order chi connectivity index (χ1) is 10.6. The summed E-state index contributed by atoms with van der Waals surface area (Å²) in [5.41, 5.74) is 3.38. The van der Waals surface area contributed by atoms with Gasteiger partial charge in [-0.1, -0.05) is 29.8 Å².